The van der Waals surface area contributed by atoms with E-state index in [0.717, 1.165) is 18.6 Å². The van der Waals surface area contributed by atoms with Gasteiger partial charge in [-0.1, -0.05) is 24.3 Å². The molecule has 1 heterocycles. The molecule has 21 heavy (non-hydrogen) atoms. The minimum Gasteiger partial charge on any atom is -0.486 e. The van der Waals surface area contributed by atoms with Crippen molar-refractivity contribution < 1.29 is 4.74 Å². The predicted molar refractivity (Wildman–Crippen MR) is 86.0 cm³/mol. The number of hydrogen-bond acceptors (Lipinski definition) is 2. The Bertz CT molecular complexity index is 614. The number of hydrogen-bond donors (Lipinski definition) is 0. The molecule has 2 aliphatic rings. The monoisotopic (exact) mass is 279 g/mol. The van der Waals surface area contributed by atoms with Crippen molar-refractivity contribution in [2.75, 3.05) is 18.0 Å². The molecule has 2 aromatic rings. The Balaban J connectivity index is 1.48. The van der Waals surface area contributed by atoms with Crippen molar-refractivity contribution in [1.82, 2.24) is 0 Å². The zero-order valence-electron chi connectivity index (χ0n) is 12.3. The molecule has 1 aliphatic heterocycles. The summed E-state index contributed by atoms with van der Waals surface area (Å²) in [7, 11) is 0. The summed E-state index contributed by atoms with van der Waals surface area (Å²) < 4.78 is 6.20. The van der Waals surface area contributed by atoms with Crippen LogP contribution in [-0.2, 0) is 6.42 Å². The molecule has 0 aromatic heterocycles. The third-order valence-electron chi connectivity index (χ3n) is 4.66. The van der Waals surface area contributed by atoms with Gasteiger partial charge in [0, 0.05) is 18.8 Å². The van der Waals surface area contributed by atoms with E-state index in [-0.39, 0.29) is 6.10 Å². The van der Waals surface area contributed by atoms with Gasteiger partial charge in [0.05, 0.1) is 0 Å². The largest absolute Gasteiger partial charge is 0.486 e. The molecule has 0 spiro atoms. The smallest absolute Gasteiger partial charge is 0.124 e. The fourth-order valence-corrected chi connectivity index (χ4v) is 3.52. The minimum absolute atomic E-state index is 0.221. The Morgan fingerprint density at radius 2 is 1.67 bits per heavy atom. The van der Waals surface area contributed by atoms with Gasteiger partial charge in [0.15, 0.2) is 0 Å². The van der Waals surface area contributed by atoms with E-state index in [4.69, 9.17) is 4.74 Å². The highest BCUT2D eigenvalue weighted by atomic mass is 16.5. The van der Waals surface area contributed by atoms with Gasteiger partial charge in [0.25, 0.3) is 0 Å². The highest BCUT2D eigenvalue weighted by Gasteiger charge is 2.23. The number of ether oxygens (including phenoxy) is 1. The second-order valence-corrected chi connectivity index (χ2v) is 6.03. The van der Waals surface area contributed by atoms with Gasteiger partial charge >= 0.3 is 0 Å². The average molecular weight is 279 g/mol. The standard InChI is InChI=1S/C19H21NO/c1-2-6-18-15(5-1)7-12-19(18)21-17-10-8-16(9-11-17)20-13-3-4-14-20/h1-2,5-6,8-11,19H,3-4,7,12-14H2. The lowest BCUT2D eigenvalue weighted by molar-refractivity contribution is 0.207. The summed E-state index contributed by atoms with van der Waals surface area (Å²) >= 11 is 0. The summed E-state index contributed by atoms with van der Waals surface area (Å²) in [5.41, 5.74) is 4.13. The Morgan fingerprint density at radius 3 is 2.48 bits per heavy atom. The molecule has 1 saturated heterocycles. The van der Waals surface area contributed by atoms with Gasteiger partial charge < -0.3 is 9.64 Å². The molecule has 4 rings (SSSR count). The zero-order valence-corrected chi connectivity index (χ0v) is 12.3. The van der Waals surface area contributed by atoms with Gasteiger partial charge in [0.1, 0.15) is 11.9 Å². The lowest BCUT2D eigenvalue weighted by atomic mass is 10.1. The fraction of sp³-hybridized carbons (Fsp3) is 0.368. The van der Waals surface area contributed by atoms with E-state index in [1.165, 1.54) is 42.7 Å². The Labute approximate surface area is 126 Å². The molecular weight excluding hydrogens is 258 g/mol. The number of benzene rings is 2. The van der Waals surface area contributed by atoms with E-state index >= 15 is 0 Å². The molecular formula is C19H21NO. The van der Waals surface area contributed by atoms with Crippen molar-refractivity contribution in [3.05, 3.63) is 59.7 Å². The average Bonchev–Trinajstić information content (AvgIpc) is 3.19. The number of rotatable bonds is 3. The molecule has 0 N–H and O–H groups in total. The van der Waals surface area contributed by atoms with E-state index in [0.29, 0.717) is 0 Å². The second-order valence-electron chi connectivity index (χ2n) is 6.03. The normalized spacial score (nSPS) is 20.6. The Morgan fingerprint density at radius 1 is 0.905 bits per heavy atom. The molecule has 0 radical (unpaired) electrons. The minimum atomic E-state index is 0.221. The van der Waals surface area contributed by atoms with Gasteiger partial charge in [-0.3, -0.25) is 0 Å². The maximum absolute atomic E-state index is 6.20. The van der Waals surface area contributed by atoms with Crippen LogP contribution in [0.5, 0.6) is 5.75 Å². The maximum atomic E-state index is 6.20. The Hall–Kier alpha value is -1.96. The lowest BCUT2D eigenvalue weighted by Gasteiger charge is -2.19. The van der Waals surface area contributed by atoms with Crippen molar-refractivity contribution in [1.29, 1.82) is 0 Å². The molecule has 0 bridgehead atoms. The van der Waals surface area contributed by atoms with Crippen LogP contribution in [-0.4, -0.2) is 13.1 Å². The first kappa shape index (κ1) is 12.8. The van der Waals surface area contributed by atoms with Crippen molar-refractivity contribution >= 4 is 5.69 Å². The van der Waals surface area contributed by atoms with E-state index in [2.05, 4.69) is 53.4 Å². The molecule has 108 valence electrons. The number of nitrogens with zero attached hydrogens (tertiary/aromatic N) is 1. The molecule has 1 aliphatic carbocycles. The molecule has 0 amide bonds. The van der Waals surface area contributed by atoms with E-state index in [9.17, 15) is 0 Å². The summed E-state index contributed by atoms with van der Waals surface area (Å²) in [6.07, 6.45) is 5.08. The van der Waals surface area contributed by atoms with Gasteiger partial charge in [-0.15, -0.1) is 0 Å². The molecule has 0 saturated carbocycles. The molecule has 1 atom stereocenters. The van der Waals surface area contributed by atoms with Crippen molar-refractivity contribution in [3.8, 4) is 5.75 Å². The first-order valence-electron chi connectivity index (χ1n) is 8.00. The van der Waals surface area contributed by atoms with Gasteiger partial charge in [0.2, 0.25) is 0 Å². The number of anilines is 1. The van der Waals surface area contributed by atoms with Crippen LogP contribution < -0.4 is 9.64 Å². The van der Waals surface area contributed by atoms with E-state index in [1.807, 2.05) is 0 Å². The van der Waals surface area contributed by atoms with Crippen LogP contribution >= 0.6 is 0 Å². The van der Waals surface area contributed by atoms with Gasteiger partial charge in [-0.05, 0) is 61.1 Å². The number of fused-ring (bicyclic) bond motifs is 1. The summed E-state index contributed by atoms with van der Waals surface area (Å²) in [5.74, 6) is 0.986. The van der Waals surface area contributed by atoms with Crippen LogP contribution in [0.1, 0.15) is 36.5 Å². The van der Waals surface area contributed by atoms with Crippen molar-refractivity contribution in [2.24, 2.45) is 0 Å². The third kappa shape index (κ3) is 2.51. The van der Waals surface area contributed by atoms with Crippen molar-refractivity contribution in [2.45, 2.75) is 31.8 Å². The molecule has 1 fully saturated rings. The first-order valence-corrected chi connectivity index (χ1v) is 8.00. The second kappa shape index (κ2) is 5.44. The first-order chi connectivity index (χ1) is 10.4. The van der Waals surface area contributed by atoms with Gasteiger partial charge in [-0.2, -0.15) is 0 Å². The molecule has 1 unspecified atom stereocenters. The summed E-state index contributed by atoms with van der Waals surface area (Å²) in [4.78, 5) is 2.45. The van der Waals surface area contributed by atoms with E-state index in [1.54, 1.807) is 0 Å². The van der Waals surface area contributed by atoms with Crippen LogP contribution in [0.2, 0.25) is 0 Å². The van der Waals surface area contributed by atoms with Crippen LogP contribution in [0.15, 0.2) is 48.5 Å². The molecule has 2 heteroatoms. The summed E-state index contributed by atoms with van der Waals surface area (Å²) in [6.45, 7) is 2.38. The highest BCUT2D eigenvalue weighted by Crippen LogP contribution is 2.35. The Kier molecular flexibility index (Phi) is 3.30. The SMILES string of the molecule is c1ccc2c(c1)CCC2Oc1ccc(N2CCCC2)cc1. The summed E-state index contributed by atoms with van der Waals surface area (Å²) in [5, 5.41) is 0. The fourth-order valence-electron chi connectivity index (χ4n) is 3.52. The zero-order chi connectivity index (χ0) is 14.1. The van der Waals surface area contributed by atoms with Crippen LogP contribution in [0.25, 0.3) is 0 Å². The highest BCUT2D eigenvalue weighted by molar-refractivity contribution is 5.49. The van der Waals surface area contributed by atoms with Crippen molar-refractivity contribution in [3.63, 3.8) is 0 Å². The van der Waals surface area contributed by atoms with Gasteiger partial charge in [-0.25, -0.2) is 0 Å². The summed E-state index contributed by atoms with van der Waals surface area (Å²) in [6, 6.07) is 17.3. The van der Waals surface area contributed by atoms with E-state index < -0.39 is 0 Å². The molecule has 2 nitrogen and oxygen atoms in total. The van der Waals surface area contributed by atoms with Crippen LogP contribution in [0, 0.1) is 0 Å². The number of aryl methyl sites for hydroxylation is 1. The lowest BCUT2D eigenvalue weighted by Crippen LogP contribution is -2.17. The third-order valence-corrected chi connectivity index (χ3v) is 4.66. The maximum Gasteiger partial charge on any atom is 0.124 e. The van der Waals surface area contributed by atoms with Crippen LogP contribution in [0.4, 0.5) is 5.69 Å². The topological polar surface area (TPSA) is 12.5 Å². The quantitative estimate of drug-likeness (QED) is 0.828. The predicted octanol–water partition coefficient (Wildman–Crippen LogP) is 4.35. The molecule has 2 aromatic carbocycles. The van der Waals surface area contributed by atoms with Crippen LogP contribution in [0.3, 0.4) is 0 Å².